The molecule has 116 valence electrons. The minimum absolute atomic E-state index is 0.129. The van der Waals surface area contributed by atoms with Gasteiger partial charge in [0.2, 0.25) is 0 Å². The van der Waals surface area contributed by atoms with Crippen molar-refractivity contribution in [3.8, 4) is 0 Å². The lowest BCUT2D eigenvalue weighted by Gasteiger charge is -2.40. The summed E-state index contributed by atoms with van der Waals surface area (Å²) in [4.78, 5) is 15.1. The minimum atomic E-state index is 0.129. The number of hydrogen-bond donors (Lipinski definition) is 0. The molecule has 1 fully saturated rings. The zero-order valence-electron chi connectivity index (χ0n) is 14.1. The highest BCUT2D eigenvalue weighted by atomic mass is 16.2. The molecule has 0 aliphatic carbocycles. The third kappa shape index (κ3) is 2.59. The highest BCUT2D eigenvalue weighted by molar-refractivity contribution is 6.00. The Balaban J connectivity index is 2.34. The third-order valence-electron chi connectivity index (χ3n) is 5.44. The van der Waals surface area contributed by atoms with E-state index in [9.17, 15) is 4.79 Å². The van der Waals surface area contributed by atoms with E-state index in [1.54, 1.807) is 0 Å². The molecule has 0 radical (unpaired) electrons. The topological polar surface area (TPSA) is 20.3 Å². The van der Waals surface area contributed by atoms with Crippen molar-refractivity contribution in [1.82, 2.24) is 0 Å². The maximum Gasteiger partial charge on any atom is 0.285 e. The molecule has 21 heavy (non-hydrogen) atoms. The van der Waals surface area contributed by atoms with Crippen LogP contribution in [-0.4, -0.2) is 42.6 Å². The Morgan fingerprint density at radius 2 is 1.62 bits per heavy atom. The Morgan fingerprint density at radius 3 is 2.10 bits per heavy atom. The van der Waals surface area contributed by atoms with Gasteiger partial charge in [-0.15, -0.1) is 0 Å². The van der Waals surface area contributed by atoms with Gasteiger partial charge in [-0.05, 0) is 45.7 Å². The van der Waals surface area contributed by atoms with E-state index in [2.05, 4.69) is 52.8 Å². The molecule has 3 heteroatoms. The lowest BCUT2D eigenvalue weighted by Crippen LogP contribution is -2.58. The molecule has 2 rings (SSSR count). The average molecular weight is 289 g/mol. The Hall–Kier alpha value is -1.35. The van der Waals surface area contributed by atoms with Crippen LogP contribution in [0.25, 0.3) is 0 Å². The molecule has 0 spiro atoms. The average Bonchev–Trinajstić information content (AvgIpc) is 2.85. The summed E-state index contributed by atoms with van der Waals surface area (Å²) in [6.07, 6.45) is 0.974. The second kappa shape index (κ2) is 6.18. The molecule has 0 saturated carbocycles. The second-order valence-corrected chi connectivity index (χ2v) is 6.20. The molecular formula is C18H29N2O+. The fourth-order valence-corrected chi connectivity index (χ4v) is 3.96. The van der Waals surface area contributed by atoms with Gasteiger partial charge >= 0.3 is 0 Å². The number of carbonyl (C=O) groups excluding carboxylic acids is 1. The number of hydrogen-bond acceptors (Lipinski definition) is 1. The maximum atomic E-state index is 13.0. The lowest BCUT2D eigenvalue weighted by molar-refractivity contribution is -0.937. The Morgan fingerprint density at radius 1 is 1.10 bits per heavy atom. The molecule has 1 saturated heterocycles. The Labute approximate surface area is 129 Å². The molecule has 1 atom stereocenters. The molecule has 0 aromatic heterocycles. The van der Waals surface area contributed by atoms with Crippen LogP contribution < -0.4 is 4.90 Å². The van der Waals surface area contributed by atoms with Crippen LogP contribution >= 0.6 is 0 Å². The summed E-state index contributed by atoms with van der Waals surface area (Å²) in [5.74, 6) is 0.318. The fraction of sp³-hybridized carbons (Fsp3) is 0.611. The fourth-order valence-electron chi connectivity index (χ4n) is 3.96. The van der Waals surface area contributed by atoms with Gasteiger partial charge in [0, 0.05) is 18.7 Å². The molecule has 1 aliphatic heterocycles. The molecule has 1 aromatic rings. The SMILES string of the molecule is CC[N+](CC)(CC)C1CCN(c2c(C)cccc2C)C1=O. The van der Waals surface area contributed by atoms with Crippen molar-refractivity contribution in [3.05, 3.63) is 29.3 Å². The molecular weight excluding hydrogens is 260 g/mol. The van der Waals surface area contributed by atoms with Crippen LogP contribution in [0.2, 0.25) is 0 Å². The first-order valence-corrected chi connectivity index (χ1v) is 8.24. The molecule has 3 nitrogen and oxygen atoms in total. The van der Waals surface area contributed by atoms with E-state index in [4.69, 9.17) is 0 Å². The molecule has 1 aromatic carbocycles. The third-order valence-corrected chi connectivity index (χ3v) is 5.44. The van der Waals surface area contributed by atoms with Crippen molar-refractivity contribution in [1.29, 1.82) is 0 Å². The largest absolute Gasteiger partial charge is 0.314 e. The van der Waals surface area contributed by atoms with E-state index in [1.165, 1.54) is 11.1 Å². The summed E-state index contributed by atoms with van der Waals surface area (Å²) in [6, 6.07) is 6.40. The maximum absolute atomic E-state index is 13.0. The van der Waals surface area contributed by atoms with Crippen molar-refractivity contribution >= 4 is 11.6 Å². The molecule has 1 amide bonds. The van der Waals surface area contributed by atoms with Crippen molar-refractivity contribution in [2.45, 2.75) is 47.1 Å². The van der Waals surface area contributed by atoms with Gasteiger partial charge < -0.3 is 9.38 Å². The number of benzene rings is 1. The number of para-hydroxylation sites is 1. The van der Waals surface area contributed by atoms with Gasteiger partial charge in [0.1, 0.15) is 0 Å². The summed E-state index contributed by atoms with van der Waals surface area (Å²) in [6.45, 7) is 14.8. The van der Waals surface area contributed by atoms with Crippen LogP contribution in [0.15, 0.2) is 18.2 Å². The second-order valence-electron chi connectivity index (χ2n) is 6.20. The van der Waals surface area contributed by atoms with Crippen LogP contribution in [0.5, 0.6) is 0 Å². The van der Waals surface area contributed by atoms with Crippen molar-refractivity contribution in [2.75, 3.05) is 31.1 Å². The van der Waals surface area contributed by atoms with Crippen LogP contribution in [0.4, 0.5) is 5.69 Å². The predicted molar refractivity (Wildman–Crippen MR) is 88.6 cm³/mol. The van der Waals surface area contributed by atoms with Crippen LogP contribution in [0.3, 0.4) is 0 Å². The summed E-state index contributed by atoms with van der Waals surface area (Å²) < 4.78 is 0.917. The van der Waals surface area contributed by atoms with Gasteiger partial charge in [0.15, 0.2) is 6.04 Å². The van der Waals surface area contributed by atoms with Crippen molar-refractivity contribution in [3.63, 3.8) is 0 Å². The molecule has 1 aliphatic rings. The first kappa shape index (κ1) is 16.0. The zero-order valence-corrected chi connectivity index (χ0v) is 14.1. The number of carbonyl (C=O) groups is 1. The molecule has 0 bridgehead atoms. The number of rotatable bonds is 5. The van der Waals surface area contributed by atoms with Crippen LogP contribution in [0.1, 0.15) is 38.3 Å². The van der Waals surface area contributed by atoms with E-state index in [0.717, 1.165) is 42.8 Å². The van der Waals surface area contributed by atoms with Gasteiger partial charge in [0.25, 0.3) is 5.91 Å². The summed E-state index contributed by atoms with van der Waals surface area (Å²) in [5, 5.41) is 0. The van der Waals surface area contributed by atoms with Gasteiger partial charge in [-0.1, -0.05) is 18.2 Å². The smallest absolute Gasteiger partial charge is 0.285 e. The van der Waals surface area contributed by atoms with Gasteiger partial charge in [0.05, 0.1) is 19.6 Å². The number of anilines is 1. The Kier molecular flexibility index (Phi) is 4.72. The van der Waals surface area contributed by atoms with E-state index in [0.29, 0.717) is 5.91 Å². The molecule has 1 unspecified atom stereocenters. The highest BCUT2D eigenvalue weighted by Gasteiger charge is 2.45. The normalized spacial score (nSPS) is 19.4. The van der Waals surface area contributed by atoms with Gasteiger partial charge in [-0.25, -0.2) is 0 Å². The molecule has 0 N–H and O–H groups in total. The summed E-state index contributed by atoms with van der Waals surface area (Å²) in [7, 11) is 0. The minimum Gasteiger partial charge on any atom is -0.314 e. The van der Waals surface area contributed by atoms with Crippen LogP contribution in [-0.2, 0) is 4.79 Å². The quantitative estimate of drug-likeness (QED) is 0.762. The monoisotopic (exact) mass is 289 g/mol. The predicted octanol–water partition coefficient (Wildman–Crippen LogP) is 3.29. The number of nitrogens with zero attached hydrogens (tertiary/aromatic N) is 2. The van der Waals surface area contributed by atoms with Gasteiger partial charge in [-0.2, -0.15) is 0 Å². The van der Waals surface area contributed by atoms with E-state index in [-0.39, 0.29) is 6.04 Å². The van der Waals surface area contributed by atoms with Crippen molar-refractivity contribution < 1.29 is 9.28 Å². The first-order chi connectivity index (χ1) is 10.0. The number of amides is 1. The highest BCUT2D eigenvalue weighted by Crippen LogP contribution is 2.32. The first-order valence-electron chi connectivity index (χ1n) is 8.24. The summed E-state index contributed by atoms with van der Waals surface area (Å²) >= 11 is 0. The molecule has 1 heterocycles. The lowest BCUT2D eigenvalue weighted by atomic mass is 10.1. The summed E-state index contributed by atoms with van der Waals surface area (Å²) in [5.41, 5.74) is 3.53. The van der Waals surface area contributed by atoms with E-state index in [1.807, 2.05) is 4.90 Å². The van der Waals surface area contributed by atoms with Crippen LogP contribution in [0, 0.1) is 13.8 Å². The van der Waals surface area contributed by atoms with Gasteiger partial charge in [-0.3, -0.25) is 4.79 Å². The van der Waals surface area contributed by atoms with E-state index < -0.39 is 0 Å². The standard InChI is InChI=1S/C18H29N2O/c1-6-20(7-2,8-3)16-12-13-19(18(16)21)17-14(4)10-9-11-15(17)5/h9-11,16H,6-8,12-13H2,1-5H3/q+1. The number of aryl methyl sites for hydroxylation is 2. The Bertz CT molecular complexity index is 491. The number of quaternary nitrogens is 1. The zero-order chi connectivity index (χ0) is 15.6. The number of likely N-dealkylation sites (N-methyl/N-ethyl adjacent to an activating group) is 1. The van der Waals surface area contributed by atoms with Crippen molar-refractivity contribution in [2.24, 2.45) is 0 Å². The van der Waals surface area contributed by atoms with E-state index >= 15 is 0 Å².